The molecule has 1 rings (SSSR count). The zero-order valence-electron chi connectivity index (χ0n) is 7.46. The summed E-state index contributed by atoms with van der Waals surface area (Å²) in [6, 6.07) is 0. The molecule has 0 amide bonds. The molecule has 2 nitrogen and oxygen atoms in total. The molecule has 11 heavy (non-hydrogen) atoms. The third kappa shape index (κ3) is 1.75. The normalized spacial score (nSPS) is 26.6. The van der Waals surface area contributed by atoms with Crippen molar-refractivity contribution in [2.75, 3.05) is 0 Å². The molecule has 0 bridgehead atoms. The van der Waals surface area contributed by atoms with Crippen LogP contribution >= 0.6 is 12.4 Å². The van der Waals surface area contributed by atoms with Crippen molar-refractivity contribution in [2.45, 2.75) is 38.8 Å². The fourth-order valence-electron chi connectivity index (χ4n) is 1.29. The minimum absolute atomic E-state index is 0. The average molecular weight is 178 g/mol. The van der Waals surface area contributed by atoms with Gasteiger partial charge in [0, 0.05) is 0 Å². The second kappa shape index (κ2) is 2.77. The summed E-state index contributed by atoms with van der Waals surface area (Å²) >= 11 is 0. The van der Waals surface area contributed by atoms with Crippen molar-refractivity contribution in [1.29, 1.82) is 0 Å². The first-order valence-corrected chi connectivity index (χ1v) is 3.56. The number of hydrogen-bond donors (Lipinski definition) is 1. The molecule has 1 aliphatic rings. The van der Waals surface area contributed by atoms with Crippen molar-refractivity contribution in [3.05, 3.63) is 12.2 Å². The molecule has 0 saturated heterocycles. The van der Waals surface area contributed by atoms with Gasteiger partial charge in [0.1, 0.15) is 0 Å². The molecule has 0 aliphatic carbocycles. The van der Waals surface area contributed by atoms with Crippen LogP contribution in [0.2, 0.25) is 0 Å². The molecule has 0 unspecified atom stereocenters. The molecular weight excluding hydrogens is 162 g/mol. The fourth-order valence-corrected chi connectivity index (χ4v) is 1.29. The lowest BCUT2D eigenvalue weighted by Gasteiger charge is -2.34. The predicted octanol–water partition coefficient (Wildman–Crippen LogP) is 2.23. The van der Waals surface area contributed by atoms with Crippen LogP contribution in [0.4, 0.5) is 0 Å². The first-order valence-electron chi connectivity index (χ1n) is 3.56. The summed E-state index contributed by atoms with van der Waals surface area (Å²) in [4.78, 5) is 0. The highest BCUT2D eigenvalue weighted by molar-refractivity contribution is 5.85. The van der Waals surface area contributed by atoms with Gasteiger partial charge in [-0.3, -0.25) is 0 Å². The number of hydroxylamine groups is 2. The highest BCUT2D eigenvalue weighted by Crippen LogP contribution is 2.31. The second-order valence-electron chi connectivity index (χ2n) is 3.95. The van der Waals surface area contributed by atoms with Gasteiger partial charge in [-0.05, 0) is 27.7 Å². The van der Waals surface area contributed by atoms with E-state index in [1.807, 2.05) is 39.8 Å². The summed E-state index contributed by atoms with van der Waals surface area (Å²) in [7, 11) is 0. The standard InChI is InChI=1S/C8H15NO.ClH/c1-7(2)5-6-8(3,4)9(7)10;/h5-6,10H,1-4H3;1H. The number of nitrogens with zero attached hydrogens (tertiary/aromatic N) is 1. The van der Waals surface area contributed by atoms with E-state index >= 15 is 0 Å². The highest BCUT2D eigenvalue weighted by atomic mass is 35.5. The zero-order chi connectivity index (χ0) is 7.99. The molecule has 66 valence electrons. The van der Waals surface area contributed by atoms with Crippen molar-refractivity contribution < 1.29 is 5.21 Å². The van der Waals surface area contributed by atoms with Gasteiger partial charge in [0.25, 0.3) is 0 Å². The summed E-state index contributed by atoms with van der Waals surface area (Å²) in [5.41, 5.74) is -0.410. The molecule has 0 spiro atoms. The van der Waals surface area contributed by atoms with Crippen LogP contribution in [0.1, 0.15) is 27.7 Å². The average Bonchev–Trinajstić information content (AvgIpc) is 1.95. The molecule has 0 saturated carbocycles. The molecule has 0 aromatic heterocycles. The van der Waals surface area contributed by atoms with Crippen LogP contribution in [0.3, 0.4) is 0 Å². The van der Waals surface area contributed by atoms with Gasteiger partial charge in [-0.2, -0.15) is 5.06 Å². The van der Waals surface area contributed by atoms with Gasteiger partial charge in [0.2, 0.25) is 0 Å². The largest absolute Gasteiger partial charge is 0.312 e. The van der Waals surface area contributed by atoms with Crippen molar-refractivity contribution in [1.82, 2.24) is 5.06 Å². The number of rotatable bonds is 0. The summed E-state index contributed by atoms with van der Waals surface area (Å²) in [6.45, 7) is 7.94. The van der Waals surface area contributed by atoms with Gasteiger partial charge >= 0.3 is 0 Å². The Morgan fingerprint density at radius 1 is 1.00 bits per heavy atom. The Morgan fingerprint density at radius 3 is 1.36 bits per heavy atom. The van der Waals surface area contributed by atoms with Gasteiger partial charge in [0.05, 0.1) is 11.1 Å². The van der Waals surface area contributed by atoms with Gasteiger partial charge in [0.15, 0.2) is 0 Å². The third-order valence-corrected chi connectivity index (χ3v) is 1.99. The fraction of sp³-hybridized carbons (Fsp3) is 0.750. The van der Waals surface area contributed by atoms with Crippen LogP contribution in [-0.2, 0) is 0 Å². The first-order chi connectivity index (χ1) is 4.36. The Kier molecular flexibility index (Phi) is 2.76. The van der Waals surface area contributed by atoms with Gasteiger partial charge < -0.3 is 5.21 Å². The van der Waals surface area contributed by atoms with Crippen LogP contribution in [0, 0.1) is 0 Å². The minimum atomic E-state index is -0.205. The lowest BCUT2D eigenvalue weighted by molar-refractivity contribution is -0.182. The van der Waals surface area contributed by atoms with Crippen molar-refractivity contribution in [3.63, 3.8) is 0 Å². The summed E-state index contributed by atoms with van der Waals surface area (Å²) in [5.74, 6) is 0. The maximum Gasteiger partial charge on any atom is 0.0593 e. The van der Waals surface area contributed by atoms with E-state index in [0.717, 1.165) is 0 Å². The molecule has 1 aliphatic heterocycles. The van der Waals surface area contributed by atoms with Gasteiger partial charge in [-0.1, -0.05) is 12.2 Å². The maximum atomic E-state index is 9.56. The topological polar surface area (TPSA) is 23.5 Å². The Labute approximate surface area is 74.3 Å². The molecule has 0 atom stereocenters. The van der Waals surface area contributed by atoms with E-state index in [4.69, 9.17) is 0 Å². The summed E-state index contributed by atoms with van der Waals surface area (Å²) in [5, 5.41) is 10.9. The van der Waals surface area contributed by atoms with Gasteiger partial charge in [-0.15, -0.1) is 12.4 Å². The Bertz CT molecular complexity index is 157. The molecule has 0 aromatic rings. The SMILES string of the molecule is CC1(C)C=CC(C)(C)N1O.Cl. The van der Waals surface area contributed by atoms with Crippen molar-refractivity contribution in [2.24, 2.45) is 0 Å². The molecule has 0 fully saturated rings. The number of hydrogen-bond acceptors (Lipinski definition) is 2. The van der Waals surface area contributed by atoms with E-state index in [1.165, 1.54) is 5.06 Å². The molecular formula is C8H16ClNO. The highest BCUT2D eigenvalue weighted by Gasteiger charge is 2.38. The molecule has 1 N–H and O–H groups in total. The predicted molar refractivity (Wildman–Crippen MR) is 48.2 cm³/mol. The van der Waals surface area contributed by atoms with Crippen LogP contribution < -0.4 is 0 Å². The molecule has 0 aromatic carbocycles. The van der Waals surface area contributed by atoms with Crippen molar-refractivity contribution >= 4 is 12.4 Å². The van der Waals surface area contributed by atoms with E-state index in [-0.39, 0.29) is 23.5 Å². The smallest absolute Gasteiger partial charge is 0.0593 e. The van der Waals surface area contributed by atoms with Gasteiger partial charge in [-0.25, -0.2) is 0 Å². The second-order valence-corrected chi connectivity index (χ2v) is 3.95. The molecule has 1 heterocycles. The monoisotopic (exact) mass is 177 g/mol. The zero-order valence-corrected chi connectivity index (χ0v) is 8.27. The van der Waals surface area contributed by atoms with Crippen LogP contribution in [0.5, 0.6) is 0 Å². The van der Waals surface area contributed by atoms with E-state index in [9.17, 15) is 5.21 Å². The third-order valence-electron chi connectivity index (χ3n) is 1.99. The Morgan fingerprint density at radius 2 is 1.27 bits per heavy atom. The van der Waals surface area contributed by atoms with Crippen LogP contribution in [0.25, 0.3) is 0 Å². The summed E-state index contributed by atoms with van der Waals surface area (Å²) in [6.07, 6.45) is 4.04. The number of halogens is 1. The molecule has 0 radical (unpaired) electrons. The van der Waals surface area contributed by atoms with E-state index < -0.39 is 0 Å². The Hall–Kier alpha value is -0.0500. The Balaban J connectivity index is 0.000001000. The maximum absolute atomic E-state index is 9.56. The molecule has 3 heteroatoms. The van der Waals surface area contributed by atoms with E-state index in [0.29, 0.717) is 0 Å². The summed E-state index contributed by atoms with van der Waals surface area (Å²) < 4.78 is 0. The van der Waals surface area contributed by atoms with E-state index in [2.05, 4.69) is 0 Å². The quantitative estimate of drug-likeness (QED) is 0.574. The lowest BCUT2D eigenvalue weighted by Crippen LogP contribution is -2.46. The minimum Gasteiger partial charge on any atom is -0.312 e. The van der Waals surface area contributed by atoms with Crippen molar-refractivity contribution in [3.8, 4) is 0 Å². The van der Waals surface area contributed by atoms with Crippen LogP contribution in [0.15, 0.2) is 12.2 Å². The first kappa shape index (κ1) is 11.0. The van der Waals surface area contributed by atoms with Crippen LogP contribution in [-0.4, -0.2) is 21.3 Å². The van der Waals surface area contributed by atoms with E-state index in [1.54, 1.807) is 0 Å². The lowest BCUT2D eigenvalue weighted by atomic mass is 10.1.